The average Bonchev–Trinajstić information content (AvgIpc) is 2.80. The molecule has 0 spiro atoms. The molecule has 180 valence electrons. The van der Waals surface area contributed by atoms with Crippen molar-refractivity contribution in [3.63, 3.8) is 0 Å². The zero-order chi connectivity index (χ0) is 24.6. The highest BCUT2D eigenvalue weighted by Crippen LogP contribution is 2.20. The van der Waals surface area contributed by atoms with Crippen LogP contribution in [-0.2, 0) is 26.0 Å². The molecule has 0 fully saturated rings. The molecule has 0 bridgehead atoms. The molecule has 1 atom stereocenters. The summed E-state index contributed by atoms with van der Waals surface area (Å²) in [6, 6.07) is 11.9. The van der Waals surface area contributed by atoms with E-state index in [4.69, 9.17) is 9.47 Å². The number of benzene rings is 2. The van der Waals surface area contributed by atoms with E-state index in [1.807, 2.05) is 24.3 Å². The van der Waals surface area contributed by atoms with E-state index in [-0.39, 0.29) is 10.5 Å². The molecule has 9 heteroatoms. The number of carbonyl (C=O) groups is 2. The van der Waals surface area contributed by atoms with E-state index in [1.165, 1.54) is 23.4 Å². The van der Waals surface area contributed by atoms with Crippen LogP contribution in [0.1, 0.15) is 42.3 Å². The molecule has 2 aromatic carbocycles. The van der Waals surface area contributed by atoms with E-state index < -0.39 is 28.0 Å². The third-order valence-corrected chi connectivity index (χ3v) is 7.34. The summed E-state index contributed by atoms with van der Waals surface area (Å²) in [7, 11) is -2.13. The zero-order valence-electron chi connectivity index (χ0n) is 19.8. The number of nitrogens with zero attached hydrogens (tertiary/aromatic N) is 1. The first kappa shape index (κ1) is 26.3. The highest BCUT2D eigenvalue weighted by Gasteiger charge is 2.25. The molecular weight excluding hydrogens is 444 g/mol. The van der Waals surface area contributed by atoms with Gasteiger partial charge in [0.1, 0.15) is 5.75 Å². The number of hydrogen-bond acceptors (Lipinski definition) is 6. The van der Waals surface area contributed by atoms with E-state index in [2.05, 4.69) is 5.32 Å². The van der Waals surface area contributed by atoms with E-state index >= 15 is 0 Å². The SMILES string of the molecule is CCN(CC)S(=O)(=O)c1ccc(C)c(C(=O)OC(C)C(=O)NCCc2ccc(OC)cc2)c1. The van der Waals surface area contributed by atoms with Crippen LogP contribution in [0.4, 0.5) is 0 Å². The molecule has 2 aromatic rings. The quantitative estimate of drug-likeness (QED) is 0.501. The Kier molecular flexibility index (Phi) is 9.43. The van der Waals surface area contributed by atoms with E-state index in [9.17, 15) is 18.0 Å². The van der Waals surface area contributed by atoms with Gasteiger partial charge in [0.25, 0.3) is 5.91 Å². The van der Waals surface area contributed by atoms with Gasteiger partial charge >= 0.3 is 5.97 Å². The largest absolute Gasteiger partial charge is 0.497 e. The molecule has 1 N–H and O–H groups in total. The first-order valence-electron chi connectivity index (χ1n) is 10.9. The minimum Gasteiger partial charge on any atom is -0.497 e. The Labute approximate surface area is 195 Å². The summed E-state index contributed by atoms with van der Waals surface area (Å²) in [5.41, 5.74) is 1.70. The molecule has 33 heavy (non-hydrogen) atoms. The van der Waals surface area contributed by atoms with Gasteiger partial charge in [-0.1, -0.05) is 32.0 Å². The molecule has 0 aliphatic rings. The molecular formula is C24H32N2O6S. The van der Waals surface area contributed by atoms with Crippen molar-refractivity contribution in [3.05, 3.63) is 59.2 Å². The van der Waals surface area contributed by atoms with E-state index in [0.29, 0.717) is 31.6 Å². The molecule has 0 aromatic heterocycles. The monoisotopic (exact) mass is 476 g/mol. The molecule has 2 rings (SSSR count). The summed E-state index contributed by atoms with van der Waals surface area (Å²) in [5.74, 6) is -0.420. The Morgan fingerprint density at radius 1 is 1.06 bits per heavy atom. The first-order valence-corrected chi connectivity index (χ1v) is 12.3. The lowest BCUT2D eigenvalue weighted by Crippen LogP contribution is -2.37. The maximum atomic E-state index is 12.8. The van der Waals surface area contributed by atoms with E-state index in [1.54, 1.807) is 33.9 Å². The van der Waals surface area contributed by atoms with Crippen molar-refractivity contribution in [3.8, 4) is 5.75 Å². The van der Waals surface area contributed by atoms with Crippen molar-refractivity contribution < 1.29 is 27.5 Å². The fourth-order valence-electron chi connectivity index (χ4n) is 3.24. The second-order valence-electron chi connectivity index (χ2n) is 7.50. The summed E-state index contributed by atoms with van der Waals surface area (Å²) in [4.78, 5) is 25.1. The number of carbonyl (C=O) groups excluding carboxylic acids is 2. The maximum Gasteiger partial charge on any atom is 0.339 e. The zero-order valence-corrected chi connectivity index (χ0v) is 20.6. The van der Waals surface area contributed by atoms with E-state index in [0.717, 1.165) is 11.3 Å². The minimum absolute atomic E-state index is 0.0142. The number of sulfonamides is 1. The number of nitrogens with one attached hydrogen (secondary N) is 1. The van der Waals surface area contributed by atoms with Gasteiger partial charge in [-0.05, 0) is 55.7 Å². The fourth-order valence-corrected chi connectivity index (χ4v) is 4.72. The van der Waals surface area contributed by atoms with Crippen LogP contribution in [0.25, 0.3) is 0 Å². The van der Waals surface area contributed by atoms with Crippen LogP contribution in [0.2, 0.25) is 0 Å². The number of ether oxygens (including phenoxy) is 2. The highest BCUT2D eigenvalue weighted by molar-refractivity contribution is 7.89. The van der Waals surface area contributed by atoms with Crippen LogP contribution < -0.4 is 10.1 Å². The van der Waals surface area contributed by atoms with Gasteiger partial charge in [-0.25, -0.2) is 13.2 Å². The number of hydrogen-bond donors (Lipinski definition) is 1. The smallest absolute Gasteiger partial charge is 0.339 e. The molecule has 8 nitrogen and oxygen atoms in total. The van der Waals surface area contributed by atoms with Gasteiger partial charge in [0, 0.05) is 19.6 Å². The van der Waals surface area contributed by atoms with Crippen molar-refractivity contribution in [2.24, 2.45) is 0 Å². The number of aryl methyl sites for hydroxylation is 1. The topological polar surface area (TPSA) is 102 Å². The van der Waals surface area contributed by atoms with Gasteiger partial charge in [-0.2, -0.15) is 4.31 Å². The lowest BCUT2D eigenvalue weighted by atomic mass is 10.1. The fraction of sp³-hybridized carbons (Fsp3) is 0.417. The van der Waals surface area contributed by atoms with Gasteiger partial charge < -0.3 is 14.8 Å². The number of methoxy groups -OCH3 is 1. The van der Waals surface area contributed by atoms with Gasteiger partial charge in [0.15, 0.2) is 6.10 Å². The second kappa shape index (κ2) is 11.8. The molecule has 0 aliphatic heterocycles. The Morgan fingerprint density at radius 3 is 2.27 bits per heavy atom. The van der Waals surface area contributed by atoms with Crippen LogP contribution >= 0.6 is 0 Å². The Balaban J connectivity index is 2.00. The molecule has 0 aliphatic carbocycles. The lowest BCUT2D eigenvalue weighted by Gasteiger charge is -2.19. The van der Waals surface area contributed by atoms with Crippen molar-refractivity contribution in [1.29, 1.82) is 0 Å². The number of amides is 1. The van der Waals surface area contributed by atoms with Crippen LogP contribution in [0.3, 0.4) is 0 Å². The van der Waals surface area contributed by atoms with Crippen molar-refractivity contribution >= 4 is 21.9 Å². The second-order valence-corrected chi connectivity index (χ2v) is 9.44. The summed E-state index contributed by atoms with van der Waals surface area (Å²) >= 11 is 0. The average molecular weight is 477 g/mol. The van der Waals surface area contributed by atoms with Crippen LogP contribution in [0.5, 0.6) is 5.75 Å². The first-order chi connectivity index (χ1) is 15.6. The minimum atomic E-state index is -3.72. The molecule has 1 amide bonds. The van der Waals surface area contributed by atoms with Gasteiger partial charge in [0.05, 0.1) is 17.6 Å². The summed E-state index contributed by atoms with van der Waals surface area (Å²) in [6.07, 6.45) is -0.420. The normalized spacial score (nSPS) is 12.3. The molecule has 0 heterocycles. The van der Waals surface area contributed by atoms with Crippen molar-refractivity contribution in [2.45, 2.75) is 45.1 Å². The predicted octanol–water partition coefficient (Wildman–Crippen LogP) is 2.94. The number of rotatable bonds is 11. The Morgan fingerprint density at radius 2 is 1.70 bits per heavy atom. The third kappa shape index (κ3) is 6.79. The van der Waals surface area contributed by atoms with Crippen molar-refractivity contribution in [2.75, 3.05) is 26.7 Å². The Hall–Kier alpha value is -2.91. The standard InChI is InChI=1S/C24H32N2O6S/c1-6-26(7-2)33(29,30)21-13-8-17(3)22(16-21)24(28)32-18(4)23(27)25-15-14-19-9-11-20(31-5)12-10-19/h8-13,16,18H,6-7,14-15H2,1-5H3,(H,25,27). The highest BCUT2D eigenvalue weighted by atomic mass is 32.2. The maximum absolute atomic E-state index is 12.8. The molecule has 0 saturated carbocycles. The van der Waals surface area contributed by atoms with Crippen LogP contribution in [0, 0.1) is 6.92 Å². The summed E-state index contributed by atoms with van der Waals surface area (Å²) in [5, 5.41) is 2.75. The summed E-state index contributed by atoms with van der Waals surface area (Å²) in [6.45, 7) is 7.68. The van der Waals surface area contributed by atoms with Crippen molar-refractivity contribution in [1.82, 2.24) is 9.62 Å². The third-order valence-electron chi connectivity index (χ3n) is 5.30. The van der Waals surface area contributed by atoms with Gasteiger partial charge in [-0.3, -0.25) is 4.79 Å². The van der Waals surface area contributed by atoms with Crippen LogP contribution in [0.15, 0.2) is 47.4 Å². The van der Waals surface area contributed by atoms with Gasteiger partial charge in [0.2, 0.25) is 10.0 Å². The molecule has 0 radical (unpaired) electrons. The predicted molar refractivity (Wildman–Crippen MR) is 126 cm³/mol. The molecule has 1 unspecified atom stereocenters. The molecule has 0 saturated heterocycles. The lowest BCUT2D eigenvalue weighted by molar-refractivity contribution is -0.129. The summed E-state index contributed by atoms with van der Waals surface area (Å²) < 4.78 is 37.3. The van der Waals surface area contributed by atoms with Gasteiger partial charge in [-0.15, -0.1) is 0 Å². The number of esters is 1. The Bertz CT molecular complexity index is 1060. The van der Waals surface area contributed by atoms with Crippen LogP contribution in [-0.4, -0.2) is 57.4 Å².